The van der Waals surface area contributed by atoms with Crippen molar-refractivity contribution in [2.24, 2.45) is 0 Å². The maximum absolute atomic E-state index is 10.8. The topological polar surface area (TPSA) is 101 Å². The van der Waals surface area contributed by atoms with Gasteiger partial charge >= 0.3 is 0 Å². The second-order valence-electron chi connectivity index (χ2n) is 6.10. The fourth-order valence-corrected chi connectivity index (χ4v) is 2.94. The number of aromatic nitrogens is 6. The highest BCUT2D eigenvalue weighted by molar-refractivity contribution is 5.79. The lowest BCUT2D eigenvalue weighted by Gasteiger charge is -2.07. The number of benzene rings is 1. The Morgan fingerprint density at radius 1 is 1.11 bits per heavy atom. The summed E-state index contributed by atoms with van der Waals surface area (Å²) in [6, 6.07) is 9.83. The summed E-state index contributed by atoms with van der Waals surface area (Å²) >= 11 is 0. The number of anilines is 1. The van der Waals surface area contributed by atoms with E-state index in [0.717, 1.165) is 33.6 Å². The van der Waals surface area contributed by atoms with Gasteiger partial charge in [-0.3, -0.25) is 9.89 Å². The molecule has 1 aromatic carbocycles. The minimum atomic E-state index is 0.458. The van der Waals surface area contributed by atoms with E-state index in [2.05, 4.69) is 25.5 Å². The van der Waals surface area contributed by atoms with Crippen molar-refractivity contribution in [1.29, 1.82) is 0 Å². The van der Waals surface area contributed by atoms with Crippen LogP contribution in [0.2, 0.25) is 0 Å². The zero-order valence-electron chi connectivity index (χ0n) is 14.8. The number of pyridine rings is 1. The molecule has 0 radical (unpaired) electrons. The molecule has 3 heterocycles. The van der Waals surface area contributed by atoms with Crippen molar-refractivity contribution < 1.29 is 4.79 Å². The van der Waals surface area contributed by atoms with Gasteiger partial charge in [0.05, 0.1) is 11.3 Å². The zero-order chi connectivity index (χ0) is 18.8. The molecule has 0 aliphatic carbocycles. The second kappa shape index (κ2) is 6.83. The Morgan fingerprint density at radius 3 is 2.70 bits per heavy atom. The molecular weight excluding hydrogens is 342 g/mol. The number of amides is 1. The molecule has 4 aromatic rings. The molecule has 4 rings (SSSR count). The summed E-state index contributed by atoms with van der Waals surface area (Å²) in [7, 11) is 0. The predicted molar refractivity (Wildman–Crippen MR) is 101 cm³/mol. The SMILES string of the molecule is Cc1ccccc1-c1nn(-c2cc(NC=O)ncc2C)cc1-c1ncn[nH]1. The van der Waals surface area contributed by atoms with Gasteiger partial charge in [0.2, 0.25) is 6.41 Å². The van der Waals surface area contributed by atoms with Crippen LogP contribution in [0, 0.1) is 13.8 Å². The van der Waals surface area contributed by atoms with Gasteiger partial charge in [0.15, 0.2) is 5.82 Å². The van der Waals surface area contributed by atoms with Crippen LogP contribution in [0.1, 0.15) is 11.1 Å². The lowest BCUT2D eigenvalue weighted by atomic mass is 10.0. The molecule has 0 saturated heterocycles. The summed E-state index contributed by atoms with van der Waals surface area (Å²) in [5, 5.41) is 14.3. The summed E-state index contributed by atoms with van der Waals surface area (Å²) < 4.78 is 1.77. The largest absolute Gasteiger partial charge is 0.313 e. The van der Waals surface area contributed by atoms with E-state index in [1.165, 1.54) is 6.33 Å². The van der Waals surface area contributed by atoms with Crippen molar-refractivity contribution in [3.8, 4) is 28.3 Å². The molecule has 0 spiro atoms. The monoisotopic (exact) mass is 359 g/mol. The van der Waals surface area contributed by atoms with Crippen LogP contribution in [0.4, 0.5) is 5.82 Å². The Labute approximate surface area is 155 Å². The second-order valence-corrected chi connectivity index (χ2v) is 6.10. The summed E-state index contributed by atoms with van der Waals surface area (Å²) in [4.78, 5) is 19.2. The molecule has 0 fully saturated rings. The van der Waals surface area contributed by atoms with Gasteiger partial charge in [-0.1, -0.05) is 24.3 Å². The Hall–Kier alpha value is -3.81. The van der Waals surface area contributed by atoms with E-state index in [-0.39, 0.29) is 0 Å². The number of H-pyrrole nitrogens is 1. The lowest BCUT2D eigenvalue weighted by Crippen LogP contribution is -2.03. The zero-order valence-corrected chi connectivity index (χ0v) is 14.8. The Balaban J connectivity index is 1.92. The fraction of sp³-hybridized carbons (Fsp3) is 0.105. The van der Waals surface area contributed by atoms with Crippen LogP contribution >= 0.6 is 0 Å². The summed E-state index contributed by atoms with van der Waals surface area (Å²) in [5.74, 6) is 1.09. The first-order valence-corrected chi connectivity index (χ1v) is 8.36. The molecule has 8 nitrogen and oxygen atoms in total. The standard InChI is InChI=1S/C19H17N7O/c1-12-5-3-4-6-14(12)18-15(19-21-10-23-24-19)9-26(25-18)16-7-17(22-11-27)20-8-13(16)2/h3-11H,1-2H3,(H,20,22,27)(H,21,23,24). The van der Waals surface area contributed by atoms with Crippen LogP contribution < -0.4 is 5.32 Å². The Kier molecular flexibility index (Phi) is 4.21. The van der Waals surface area contributed by atoms with Gasteiger partial charge in [0, 0.05) is 24.0 Å². The van der Waals surface area contributed by atoms with Gasteiger partial charge in [-0.25, -0.2) is 14.6 Å². The highest BCUT2D eigenvalue weighted by Crippen LogP contribution is 2.32. The van der Waals surface area contributed by atoms with Crippen molar-refractivity contribution in [2.45, 2.75) is 13.8 Å². The van der Waals surface area contributed by atoms with Gasteiger partial charge in [-0.05, 0) is 25.0 Å². The molecule has 2 N–H and O–H groups in total. The van der Waals surface area contributed by atoms with Crippen molar-refractivity contribution in [1.82, 2.24) is 29.9 Å². The number of nitrogens with zero attached hydrogens (tertiary/aromatic N) is 5. The molecule has 0 aliphatic rings. The number of aromatic amines is 1. The maximum Gasteiger partial charge on any atom is 0.212 e. The molecule has 0 unspecified atom stereocenters. The first-order chi connectivity index (χ1) is 13.2. The molecule has 8 heteroatoms. The Morgan fingerprint density at radius 2 is 1.96 bits per heavy atom. The first kappa shape index (κ1) is 16.6. The van der Waals surface area contributed by atoms with Gasteiger partial charge < -0.3 is 5.32 Å². The first-order valence-electron chi connectivity index (χ1n) is 8.36. The van der Waals surface area contributed by atoms with Crippen molar-refractivity contribution in [3.63, 3.8) is 0 Å². The van der Waals surface area contributed by atoms with E-state index in [1.54, 1.807) is 16.9 Å². The van der Waals surface area contributed by atoms with Crippen molar-refractivity contribution in [2.75, 3.05) is 5.32 Å². The molecule has 3 aromatic heterocycles. The highest BCUT2D eigenvalue weighted by Gasteiger charge is 2.18. The lowest BCUT2D eigenvalue weighted by molar-refractivity contribution is -0.105. The number of rotatable bonds is 5. The van der Waals surface area contributed by atoms with Crippen LogP contribution in [-0.4, -0.2) is 36.4 Å². The fourth-order valence-electron chi connectivity index (χ4n) is 2.94. The molecule has 1 amide bonds. The number of aryl methyl sites for hydroxylation is 2. The van der Waals surface area contributed by atoms with E-state index in [0.29, 0.717) is 18.1 Å². The molecule has 27 heavy (non-hydrogen) atoms. The third-order valence-electron chi connectivity index (χ3n) is 4.31. The highest BCUT2D eigenvalue weighted by atomic mass is 16.1. The third-order valence-corrected chi connectivity index (χ3v) is 4.31. The van der Waals surface area contributed by atoms with Gasteiger partial charge in [-0.15, -0.1) is 0 Å². The van der Waals surface area contributed by atoms with Crippen LogP contribution in [-0.2, 0) is 4.79 Å². The maximum atomic E-state index is 10.8. The summed E-state index contributed by atoms with van der Waals surface area (Å²) in [5.41, 5.74) is 5.50. The molecule has 0 aliphatic heterocycles. The average Bonchev–Trinajstić information content (AvgIpc) is 3.33. The van der Waals surface area contributed by atoms with E-state index in [1.807, 2.05) is 44.3 Å². The molecule has 134 valence electrons. The molecular formula is C19H17N7O. The number of hydrogen-bond acceptors (Lipinski definition) is 5. The minimum Gasteiger partial charge on any atom is -0.313 e. The van der Waals surface area contributed by atoms with Gasteiger partial charge in [-0.2, -0.15) is 10.2 Å². The molecule has 0 saturated carbocycles. The van der Waals surface area contributed by atoms with E-state index < -0.39 is 0 Å². The summed E-state index contributed by atoms with van der Waals surface area (Å²) in [6.07, 6.45) is 5.67. The van der Waals surface area contributed by atoms with Gasteiger partial charge in [0.1, 0.15) is 17.8 Å². The predicted octanol–water partition coefficient (Wildman–Crippen LogP) is 2.90. The number of nitrogens with one attached hydrogen (secondary N) is 2. The minimum absolute atomic E-state index is 0.458. The van der Waals surface area contributed by atoms with Crippen LogP contribution in [0.3, 0.4) is 0 Å². The molecule has 0 atom stereocenters. The summed E-state index contributed by atoms with van der Waals surface area (Å²) in [6.45, 7) is 3.98. The number of carbonyl (C=O) groups excluding carboxylic acids is 1. The number of carbonyl (C=O) groups is 1. The normalized spacial score (nSPS) is 10.7. The van der Waals surface area contributed by atoms with E-state index >= 15 is 0 Å². The number of hydrogen-bond donors (Lipinski definition) is 2. The van der Waals surface area contributed by atoms with Crippen LogP contribution in [0.5, 0.6) is 0 Å². The van der Waals surface area contributed by atoms with Crippen LogP contribution in [0.25, 0.3) is 28.3 Å². The van der Waals surface area contributed by atoms with Crippen LogP contribution in [0.15, 0.2) is 49.1 Å². The average molecular weight is 359 g/mol. The van der Waals surface area contributed by atoms with Crippen molar-refractivity contribution >= 4 is 12.2 Å². The third kappa shape index (κ3) is 3.08. The van der Waals surface area contributed by atoms with E-state index in [4.69, 9.17) is 5.10 Å². The molecule has 0 bridgehead atoms. The Bertz CT molecular complexity index is 1100. The smallest absolute Gasteiger partial charge is 0.212 e. The quantitative estimate of drug-likeness (QED) is 0.534. The van der Waals surface area contributed by atoms with Crippen molar-refractivity contribution in [3.05, 3.63) is 60.2 Å². The van der Waals surface area contributed by atoms with Gasteiger partial charge in [0.25, 0.3) is 0 Å². The van der Waals surface area contributed by atoms with E-state index in [9.17, 15) is 4.79 Å².